The normalized spacial score (nSPS) is 17.5. The van der Waals surface area contributed by atoms with Gasteiger partial charge in [-0.15, -0.1) is 0 Å². The molecule has 1 saturated carbocycles. The molecule has 0 bridgehead atoms. The van der Waals surface area contributed by atoms with Gasteiger partial charge in [0.2, 0.25) is 5.91 Å². The zero-order valence-corrected chi connectivity index (χ0v) is 16.4. The van der Waals surface area contributed by atoms with Crippen LogP contribution in [0.5, 0.6) is 0 Å². The monoisotopic (exact) mass is 431 g/mol. The Balaban J connectivity index is 1.20. The van der Waals surface area contributed by atoms with Crippen LogP contribution >= 0.6 is 0 Å². The Morgan fingerprint density at radius 2 is 2.10 bits per heavy atom. The molecule has 162 valence electrons. The van der Waals surface area contributed by atoms with E-state index >= 15 is 0 Å². The van der Waals surface area contributed by atoms with E-state index in [1.165, 1.54) is 17.1 Å². The molecule has 1 saturated heterocycles. The number of aromatic amines is 1. The number of rotatable bonds is 6. The Bertz CT molecular complexity index is 1110. The van der Waals surface area contributed by atoms with Crippen molar-refractivity contribution >= 4 is 11.7 Å². The molecule has 2 N–H and O–H groups in total. The Labute approximate surface area is 175 Å². The van der Waals surface area contributed by atoms with E-state index in [1.54, 1.807) is 0 Å². The number of halogens is 3. The third kappa shape index (κ3) is 3.95. The molecule has 1 amide bonds. The molecule has 3 aromatic rings. The second-order valence-corrected chi connectivity index (χ2v) is 8.37. The lowest BCUT2D eigenvalue weighted by Gasteiger charge is -2.53. The zero-order chi connectivity index (χ0) is 21.6. The summed E-state index contributed by atoms with van der Waals surface area (Å²) in [5.74, 6) is -0.212. The smallest absolute Gasteiger partial charge is 0.264 e. The van der Waals surface area contributed by atoms with Crippen molar-refractivity contribution in [2.75, 3.05) is 18.5 Å². The summed E-state index contributed by atoms with van der Waals surface area (Å²) in [4.78, 5) is 12.4. The predicted molar refractivity (Wildman–Crippen MR) is 105 cm³/mol. The average Bonchev–Trinajstić information content (AvgIpc) is 3.29. The number of carbonyl (C=O) groups excluding carboxylic acids is 1. The number of benzene rings is 1. The number of hydrogen-bond acceptors (Lipinski definition) is 4. The average molecular weight is 431 g/mol. The van der Waals surface area contributed by atoms with Gasteiger partial charge >= 0.3 is 0 Å². The number of hydrogen-bond donors (Lipinski definition) is 2. The van der Waals surface area contributed by atoms with Gasteiger partial charge in [-0.1, -0.05) is 0 Å². The lowest BCUT2D eigenvalue weighted by atomic mass is 9.60. The zero-order valence-electron chi connectivity index (χ0n) is 16.4. The minimum absolute atomic E-state index is 0.0170. The van der Waals surface area contributed by atoms with Crippen LogP contribution in [-0.2, 0) is 16.0 Å². The van der Waals surface area contributed by atoms with Gasteiger partial charge in [-0.2, -0.15) is 10.2 Å². The molecule has 1 aromatic carbocycles. The minimum atomic E-state index is -2.79. The van der Waals surface area contributed by atoms with E-state index in [-0.39, 0.29) is 18.0 Å². The highest BCUT2D eigenvalue weighted by molar-refractivity contribution is 5.91. The van der Waals surface area contributed by atoms with Crippen molar-refractivity contribution in [1.82, 2.24) is 20.0 Å². The first-order valence-electron chi connectivity index (χ1n) is 9.95. The predicted octanol–water partition coefficient (Wildman–Crippen LogP) is 3.75. The maximum absolute atomic E-state index is 13.6. The number of nitrogens with zero attached hydrogens (tertiary/aromatic N) is 3. The van der Waals surface area contributed by atoms with Gasteiger partial charge in [-0.05, 0) is 36.6 Å². The van der Waals surface area contributed by atoms with Crippen LogP contribution in [0, 0.1) is 11.2 Å². The van der Waals surface area contributed by atoms with Gasteiger partial charge in [0.05, 0.1) is 31.5 Å². The molecule has 1 aliphatic heterocycles. The van der Waals surface area contributed by atoms with Crippen LogP contribution in [0.3, 0.4) is 0 Å². The lowest BCUT2D eigenvalue weighted by molar-refractivity contribution is -0.164. The molecule has 1 aliphatic carbocycles. The number of carbonyl (C=O) groups is 1. The SMILES string of the molecule is O=C(Cc1cnn(-c2cc(F)cc(C(F)F)c2)c1)Nc1cc(C2CC3(COC3)C2)[nH]n1. The van der Waals surface area contributed by atoms with Gasteiger partial charge < -0.3 is 10.1 Å². The molecule has 31 heavy (non-hydrogen) atoms. The Kier molecular flexibility index (Phi) is 4.81. The van der Waals surface area contributed by atoms with Gasteiger partial charge in [-0.3, -0.25) is 9.89 Å². The maximum atomic E-state index is 13.6. The van der Waals surface area contributed by atoms with E-state index in [0.717, 1.165) is 49.9 Å². The first-order chi connectivity index (χ1) is 14.9. The summed E-state index contributed by atoms with van der Waals surface area (Å²) >= 11 is 0. The lowest BCUT2D eigenvalue weighted by Crippen LogP contribution is -2.51. The van der Waals surface area contributed by atoms with Crippen LogP contribution in [0.15, 0.2) is 36.7 Å². The molecule has 2 aromatic heterocycles. The van der Waals surface area contributed by atoms with Crippen molar-refractivity contribution in [3.63, 3.8) is 0 Å². The van der Waals surface area contributed by atoms with Gasteiger partial charge in [-0.25, -0.2) is 17.9 Å². The van der Waals surface area contributed by atoms with Crippen LogP contribution in [0.4, 0.5) is 19.0 Å². The van der Waals surface area contributed by atoms with Gasteiger partial charge in [0.1, 0.15) is 5.82 Å². The molecule has 2 fully saturated rings. The second kappa shape index (κ2) is 7.52. The molecule has 0 unspecified atom stereocenters. The number of amides is 1. The second-order valence-electron chi connectivity index (χ2n) is 8.37. The van der Waals surface area contributed by atoms with Crippen molar-refractivity contribution in [1.29, 1.82) is 0 Å². The largest absolute Gasteiger partial charge is 0.380 e. The number of ether oxygens (including phenoxy) is 1. The Morgan fingerprint density at radius 3 is 2.81 bits per heavy atom. The summed E-state index contributed by atoms with van der Waals surface area (Å²) in [6.45, 7) is 1.65. The number of aromatic nitrogens is 4. The van der Waals surface area contributed by atoms with E-state index in [1.807, 2.05) is 6.07 Å². The molecule has 5 rings (SSSR count). The van der Waals surface area contributed by atoms with Crippen molar-refractivity contribution in [2.45, 2.75) is 31.6 Å². The summed E-state index contributed by atoms with van der Waals surface area (Å²) in [6, 6.07) is 4.90. The van der Waals surface area contributed by atoms with Crippen LogP contribution in [0.1, 0.15) is 42.0 Å². The summed E-state index contributed by atoms with van der Waals surface area (Å²) in [7, 11) is 0. The highest BCUT2D eigenvalue weighted by Gasteiger charge is 2.50. The summed E-state index contributed by atoms with van der Waals surface area (Å²) in [6.07, 6.45) is 2.31. The molecule has 0 atom stereocenters. The molecule has 0 radical (unpaired) electrons. The van der Waals surface area contributed by atoms with E-state index in [9.17, 15) is 18.0 Å². The number of anilines is 1. The summed E-state index contributed by atoms with van der Waals surface area (Å²) < 4.78 is 46.0. The third-order valence-electron chi connectivity index (χ3n) is 5.90. The van der Waals surface area contributed by atoms with Gasteiger partial charge in [0.15, 0.2) is 5.82 Å². The number of alkyl halides is 2. The highest BCUT2D eigenvalue weighted by atomic mass is 19.3. The highest BCUT2D eigenvalue weighted by Crippen LogP contribution is 2.54. The topological polar surface area (TPSA) is 84.8 Å². The van der Waals surface area contributed by atoms with Crippen molar-refractivity contribution < 1.29 is 22.7 Å². The fourth-order valence-electron chi connectivity index (χ4n) is 4.26. The number of H-pyrrole nitrogens is 1. The minimum Gasteiger partial charge on any atom is -0.380 e. The van der Waals surface area contributed by atoms with E-state index < -0.39 is 17.8 Å². The quantitative estimate of drug-likeness (QED) is 0.623. The molecule has 10 heteroatoms. The van der Waals surface area contributed by atoms with Gasteiger partial charge in [0.25, 0.3) is 6.43 Å². The molecule has 1 spiro atoms. The third-order valence-corrected chi connectivity index (χ3v) is 5.90. The molecule has 7 nitrogen and oxygen atoms in total. The van der Waals surface area contributed by atoms with Crippen LogP contribution in [0.25, 0.3) is 5.69 Å². The standard InChI is InChI=1S/C21H20F3N5O2/c22-15-2-13(20(23)24)3-16(4-15)29-9-12(8-25-29)1-19(30)26-18-5-17(27-28-18)14-6-21(7-14)10-31-11-21/h2-5,8-9,14,20H,1,6-7,10-11H2,(H2,26,27,28,30). The van der Waals surface area contributed by atoms with E-state index in [2.05, 4.69) is 20.6 Å². The number of nitrogens with one attached hydrogen (secondary N) is 2. The van der Waals surface area contributed by atoms with Crippen LogP contribution in [0.2, 0.25) is 0 Å². The summed E-state index contributed by atoms with van der Waals surface area (Å²) in [5.41, 5.74) is 1.64. The summed E-state index contributed by atoms with van der Waals surface area (Å²) in [5, 5.41) is 13.9. The molecular weight excluding hydrogens is 411 g/mol. The van der Waals surface area contributed by atoms with Crippen molar-refractivity contribution in [3.8, 4) is 5.69 Å². The van der Waals surface area contributed by atoms with Crippen molar-refractivity contribution in [3.05, 3.63) is 59.3 Å². The maximum Gasteiger partial charge on any atom is 0.264 e. The van der Waals surface area contributed by atoms with Crippen molar-refractivity contribution in [2.24, 2.45) is 5.41 Å². The fourth-order valence-corrected chi connectivity index (χ4v) is 4.26. The molecular formula is C21H20F3N5O2. The molecule has 3 heterocycles. The first kappa shape index (κ1) is 19.8. The van der Waals surface area contributed by atoms with Crippen LogP contribution in [-0.4, -0.2) is 39.1 Å². The van der Waals surface area contributed by atoms with E-state index in [4.69, 9.17) is 4.74 Å². The van der Waals surface area contributed by atoms with Gasteiger partial charge in [0, 0.05) is 34.9 Å². The fraction of sp³-hybridized carbons (Fsp3) is 0.381. The van der Waals surface area contributed by atoms with E-state index in [0.29, 0.717) is 22.7 Å². The van der Waals surface area contributed by atoms with Crippen LogP contribution < -0.4 is 5.32 Å². The molecule has 2 aliphatic rings. The Hall–Kier alpha value is -3.14. The Morgan fingerprint density at radius 1 is 1.29 bits per heavy atom. The first-order valence-corrected chi connectivity index (χ1v) is 9.95.